The van der Waals surface area contributed by atoms with Crippen LogP contribution in [-0.2, 0) is 0 Å². The molecule has 0 unspecified atom stereocenters. The zero-order valence-corrected chi connectivity index (χ0v) is 10.6. The maximum atomic E-state index is 11.0. The van der Waals surface area contributed by atoms with Crippen LogP contribution in [0.25, 0.3) is 0 Å². The minimum Gasteiger partial charge on any atom is -0.477 e. The van der Waals surface area contributed by atoms with Crippen LogP contribution in [0.5, 0.6) is 0 Å². The quantitative estimate of drug-likeness (QED) is 0.573. The Hall–Kier alpha value is -2.15. The molecule has 0 bridgehead atoms. The highest BCUT2D eigenvalue weighted by Gasteiger charge is 2.21. The number of nitro benzene ring substituents is 1. The molecule has 7 heteroatoms. The number of aliphatic hydroxyl groups is 1. The van der Waals surface area contributed by atoms with Crippen molar-refractivity contribution >= 4 is 17.3 Å². The van der Waals surface area contributed by atoms with Crippen molar-refractivity contribution in [2.24, 2.45) is 0 Å². The van der Waals surface area contributed by atoms with Gasteiger partial charge in [0.05, 0.1) is 11.5 Å². The molecule has 1 aromatic rings. The summed E-state index contributed by atoms with van der Waals surface area (Å²) in [6.07, 6.45) is 0.819. The minimum atomic E-state index is -1.34. The summed E-state index contributed by atoms with van der Waals surface area (Å²) in [7, 11) is 0. The summed E-state index contributed by atoms with van der Waals surface area (Å²) in [5, 5.41) is 28.7. The summed E-state index contributed by atoms with van der Waals surface area (Å²) in [5.41, 5.74) is -0.225. The monoisotopic (exact) mass is 268 g/mol. The van der Waals surface area contributed by atoms with Crippen LogP contribution >= 0.6 is 0 Å². The number of aromatic carboxylic acids is 1. The van der Waals surface area contributed by atoms with E-state index in [-0.39, 0.29) is 12.2 Å². The van der Waals surface area contributed by atoms with E-state index in [0.717, 1.165) is 6.42 Å². The lowest BCUT2D eigenvalue weighted by atomic mass is 10.1. The van der Waals surface area contributed by atoms with E-state index in [4.69, 9.17) is 10.2 Å². The number of rotatable bonds is 7. The molecule has 2 N–H and O–H groups in total. The average molecular weight is 268 g/mol. The van der Waals surface area contributed by atoms with Crippen molar-refractivity contribution in [3.63, 3.8) is 0 Å². The highest BCUT2D eigenvalue weighted by molar-refractivity contribution is 5.93. The van der Waals surface area contributed by atoms with Crippen LogP contribution < -0.4 is 4.90 Å². The largest absolute Gasteiger partial charge is 0.477 e. The average Bonchev–Trinajstić information content (AvgIpc) is 2.37. The summed E-state index contributed by atoms with van der Waals surface area (Å²) in [6, 6.07) is 3.94. The van der Waals surface area contributed by atoms with Crippen LogP contribution in [0, 0.1) is 10.1 Å². The molecule has 0 aromatic heterocycles. The Morgan fingerprint density at radius 2 is 2.11 bits per heavy atom. The Morgan fingerprint density at radius 1 is 1.42 bits per heavy atom. The molecule has 0 aliphatic carbocycles. The van der Waals surface area contributed by atoms with E-state index in [9.17, 15) is 14.9 Å². The van der Waals surface area contributed by atoms with Gasteiger partial charge in [0.2, 0.25) is 0 Å². The molecule has 0 spiro atoms. The SMILES string of the molecule is CCCN(CCO)c1ccc([N+](=O)[O-])c(C(=O)O)c1. The van der Waals surface area contributed by atoms with Crippen LogP contribution in [0.3, 0.4) is 0 Å². The molecule has 19 heavy (non-hydrogen) atoms. The van der Waals surface area contributed by atoms with Gasteiger partial charge in [0.1, 0.15) is 5.56 Å². The number of nitro groups is 1. The number of anilines is 1. The van der Waals surface area contributed by atoms with E-state index in [0.29, 0.717) is 18.8 Å². The molecule has 1 aromatic carbocycles. The van der Waals surface area contributed by atoms with Crippen LogP contribution in [0.1, 0.15) is 23.7 Å². The minimum absolute atomic E-state index is 0.0700. The fraction of sp³-hybridized carbons (Fsp3) is 0.417. The number of carboxylic acids is 1. The third-order valence-corrected chi connectivity index (χ3v) is 2.64. The summed E-state index contributed by atoms with van der Waals surface area (Å²) >= 11 is 0. The predicted octanol–water partition coefficient (Wildman–Crippen LogP) is 1.50. The third kappa shape index (κ3) is 3.65. The number of hydrogen-bond donors (Lipinski definition) is 2. The molecule has 104 valence electrons. The highest BCUT2D eigenvalue weighted by Crippen LogP contribution is 2.25. The van der Waals surface area contributed by atoms with Crippen molar-refractivity contribution in [3.05, 3.63) is 33.9 Å². The number of benzene rings is 1. The Balaban J connectivity index is 3.19. The van der Waals surface area contributed by atoms with Gasteiger partial charge in [0, 0.05) is 24.8 Å². The van der Waals surface area contributed by atoms with Gasteiger partial charge in [-0.15, -0.1) is 0 Å². The molecule has 0 fully saturated rings. The first-order valence-corrected chi connectivity index (χ1v) is 5.88. The van der Waals surface area contributed by atoms with Crippen molar-refractivity contribution in [3.8, 4) is 0 Å². The van der Waals surface area contributed by atoms with E-state index in [1.54, 1.807) is 4.90 Å². The van der Waals surface area contributed by atoms with Gasteiger partial charge in [-0.3, -0.25) is 10.1 Å². The van der Waals surface area contributed by atoms with Crippen molar-refractivity contribution in [1.29, 1.82) is 0 Å². The van der Waals surface area contributed by atoms with Crippen molar-refractivity contribution in [1.82, 2.24) is 0 Å². The van der Waals surface area contributed by atoms with E-state index >= 15 is 0 Å². The Morgan fingerprint density at radius 3 is 2.58 bits per heavy atom. The lowest BCUT2D eigenvalue weighted by molar-refractivity contribution is -0.385. The number of carbonyl (C=O) groups is 1. The van der Waals surface area contributed by atoms with Gasteiger partial charge in [-0.2, -0.15) is 0 Å². The first-order valence-electron chi connectivity index (χ1n) is 5.88. The number of hydrogen-bond acceptors (Lipinski definition) is 5. The second-order valence-corrected chi connectivity index (χ2v) is 3.97. The zero-order valence-electron chi connectivity index (χ0n) is 10.6. The molecule has 0 amide bonds. The second kappa shape index (κ2) is 6.69. The van der Waals surface area contributed by atoms with E-state index in [2.05, 4.69) is 0 Å². The lowest BCUT2D eigenvalue weighted by Crippen LogP contribution is -2.27. The Kier molecular flexibility index (Phi) is 5.25. The normalized spacial score (nSPS) is 10.2. The van der Waals surface area contributed by atoms with E-state index in [1.165, 1.54) is 18.2 Å². The third-order valence-electron chi connectivity index (χ3n) is 2.64. The highest BCUT2D eigenvalue weighted by atomic mass is 16.6. The standard InChI is InChI=1S/C12H16N2O5/c1-2-5-13(6-7-15)9-3-4-11(14(18)19)10(8-9)12(16)17/h3-4,8,15H,2,5-7H2,1H3,(H,16,17). The fourth-order valence-corrected chi connectivity index (χ4v) is 1.81. The van der Waals surface area contributed by atoms with E-state index < -0.39 is 16.6 Å². The van der Waals surface area contributed by atoms with Crippen LogP contribution in [0.2, 0.25) is 0 Å². The van der Waals surface area contributed by atoms with Crippen LogP contribution in [0.4, 0.5) is 11.4 Å². The predicted molar refractivity (Wildman–Crippen MR) is 69.6 cm³/mol. The molecular formula is C12H16N2O5. The van der Waals surface area contributed by atoms with Gasteiger partial charge in [0.25, 0.3) is 5.69 Å². The van der Waals surface area contributed by atoms with Crippen LogP contribution in [-0.4, -0.2) is 40.8 Å². The molecule has 0 saturated carbocycles. The van der Waals surface area contributed by atoms with Gasteiger partial charge < -0.3 is 15.1 Å². The van der Waals surface area contributed by atoms with Crippen molar-refractivity contribution < 1.29 is 19.9 Å². The maximum absolute atomic E-state index is 11.0. The molecule has 0 atom stereocenters. The van der Waals surface area contributed by atoms with Crippen molar-refractivity contribution in [2.45, 2.75) is 13.3 Å². The van der Waals surface area contributed by atoms with Gasteiger partial charge in [-0.05, 0) is 18.6 Å². The number of nitrogens with zero attached hydrogens (tertiary/aromatic N) is 2. The second-order valence-electron chi connectivity index (χ2n) is 3.97. The zero-order chi connectivity index (χ0) is 14.4. The summed E-state index contributed by atoms with van der Waals surface area (Å²) < 4.78 is 0. The van der Waals surface area contributed by atoms with Gasteiger partial charge in [-0.1, -0.05) is 6.92 Å². The molecule has 0 aliphatic heterocycles. The first kappa shape index (κ1) is 14.9. The summed E-state index contributed by atoms with van der Waals surface area (Å²) in [4.78, 5) is 22.9. The molecule has 0 heterocycles. The van der Waals surface area contributed by atoms with Gasteiger partial charge in [0.15, 0.2) is 0 Å². The summed E-state index contributed by atoms with van der Waals surface area (Å²) in [5.74, 6) is -1.34. The fourth-order valence-electron chi connectivity index (χ4n) is 1.81. The van der Waals surface area contributed by atoms with Gasteiger partial charge >= 0.3 is 5.97 Å². The number of carboxylic acid groups (broad SMARTS) is 1. The Bertz CT molecular complexity index is 469. The molecular weight excluding hydrogens is 252 g/mol. The van der Waals surface area contributed by atoms with Crippen LogP contribution in [0.15, 0.2) is 18.2 Å². The number of aliphatic hydroxyl groups excluding tert-OH is 1. The maximum Gasteiger partial charge on any atom is 0.342 e. The topological polar surface area (TPSA) is 104 Å². The lowest BCUT2D eigenvalue weighted by Gasteiger charge is -2.23. The molecule has 0 aliphatic rings. The van der Waals surface area contributed by atoms with Gasteiger partial charge in [-0.25, -0.2) is 4.79 Å². The molecule has 0 saturated heterocycles. The summed E-state index contributed by atoms with van der Waals surface area (Å²) in [6.45, 7) is 2.87. The molecule has 1 rings (SSSR count). The smallest absolute Gasteiger partial charge is 0.342 e. The van der Waals surface area contributed by atoms with Crippen molar-refractivity contribution in [2.75, 3.05) is 24.6 Å². The first-order chi connectivity index (χ1) is 9.01. The Labute approximate surface area is 110 Å². The molecule has 0 radical (unpaired) electrons. The molecule has 7 nitrogen and oxygen atoms in total. The van der Waals surface area contributed by atoms with E-state index in [1.807, 2.05) is 6.92 Å².